The van der Waals surface area contributed by atoms with Gasteiger partial charge in [-0.05, 0) is 76.4 Å². The van der Waals surface area contributed by atoms with Crippen molar-refractivity contribution in [1.82, 2.24) is 4.57 Å². The van der Waals surface area contributed by atoms with Crippen molar-refractivity contribution >= 4 is 23.5 Å². The Kier molecular flexibility index (Phi) is 4.44. The first-order valence-electron chi connectivity index (χ1n) is 11.4. The molecule has 0 N–H and O–H groups in total. The van der Waals surface area contributed by atoms with E-state index in [4.69, 9.17) is 9.31 Å². The fraction of sp³-hybridized carbons (Fsp3) is 0.667. The third-order valence-electron chi connectivity index (χ3n) is 7.93. The largest absolute Gasteiger partial charge is 0.494 e. The first-order chi connectivity index (χ1) is 13.4. The van der Waals surface area contributed by atoms with Gasteiger partial charge in [0.05, 0.1) is 11.2 Å². The van der Waals surface area contributed by atoms with Crippen molar-refractivity contribution < 1.29 is 9.31 Å². The third kappa shape index (κ3) is 2.95. The van der Waals surface area contributed by atoms with E-state index in [-0.39, 0.29) is 18.3 Å². The van der Waals surface area contributed by atoms with Gasteiger partial charge in [-0.15, -0.1) is 0 Å². The minimum Gasteiger partial charge on any atom is -0.399 e. The van der Waals surface area contributed by atoms with Crippen molar-refractivity contribution in [1.29, 1.82) is 0 Å². The minimum atomic E-state index is -0.294. The van der Waals surface area contributed by atoms with Gasteiger partial charge in [0.25, 0.3) is 0 Å². The highest BCUT2D eigenvalue weighted by Gasteiger charge is 2.51. The molecule has 0 atom stereocenters. The van der Waals surface area contributed by atoms with E-state index in [0.717, 1.165) is 11.4 Å². The summed E-state index contributed by atoms with van der Waals surface area (Å²) in [6, 6.07) is 7.60. The van der Waals surface area contributed by atoms with Crippen molar-refractivity contribution in [3.8, 4) is 0 Å². The van der Waals surface area contributed by atoms with Crippen LogP contribution in [0.5, 0.6) is 0 Å². The van der Waals surface area contributed by atoms with Gasteiger partial charge in [-0.2, -0.15) is 0 Å². The predicted molar refractivity (Wildman–Crippen MR) is 116 cm³/mol. The van der Waals surface area contributed by atoms with Crippen LogP contribution in [0.4, 0.5) is 0 Å². The van der Waals surface area contributed by atoms with Crippen molar-refractivity contribution in [3.05, 3.63) is 30.0 Å². The minimum absolute atomic E-state index is 0.276. The molecule has 0 unspecified atom stereocenters. The van der Waals surface area contributed by atoms with Gasteiger partial charge >= 0.3 is 7.12 Å². The van der Waals surface area contributed by atoms with E-state index < -0.39 is 0 Å². The number of benzene rings is 1. The lowest BCUT2D eigenvalue weighted by molar-refractivity contribution is 0.00578. The fourth-order valence-corrected chi connectivity index (χ4v) is 5.13. The Morgan fingerprint density at radius 1 is 0.893 bits per heavy atom. The quantitative estimate of drug-likeness (QED) is 0.638. The molecule has 150 valence electrons. The van der Waals surface area contributed by atoms with Gasteiger partial charge < -0.3 is 13.9 Å². The average molecular weight is 379 g/mol. The van der Waals surface area contributed by atoms with Gasteiger partial charge in [0.2, 0.25) is 0 Å². The second-order valence-electron chi connectivity index (χ2n) is 10.3. The van der Waals surface area contributed by atoms with E-state index in [0.29, 0.717) is 6.04 Å². The lowest BCUT2D eigenvalue weighted by atomic mass is 9.76. The van der Waals surface area contributed by atoms with Crippen LogP contribution in [0.3, 0.4) is 0 Å². The van der Waals surface area contributed by atoms with Crippen LogP contribution >= 0.6 is 0 Å². The molecule has 2 aromatic rings. The predicted octanol–water partition coefficient (Wildman–Crippen LogP) is 5.71. The molecule has 3 aliphatic rings. The molecule has 2 heterocycles. The molecule has 5 rings (SSSR count). The van der Waals surface area contributed by atoms with Crippen molar-refractivity contribution in [2.75, 3.05) is 0 Å². The molecule has 4 heteroatoms. The molecule has 0 amide bonds. The first kappa shape index (κ1) is 18.8. The average Bonchev–Trinajstić information content (AvgIpc) is 3.08. The molecule has 2 saturated carbocycles. The van der Waals surface area contributed by atoms with Crippen molar-refractivity contribution in [2.45, 2.75) is 102 Å². The highest BCUT2D eigenvalue weighted by Crippen LogP contribution is 2.43. The van der Waals surface area contributed by atoms with E-state index in [9.17, 15) is 0 Å². The summed E-state index contributed by atoms with van der Waals surface area (Å²) in [5.41, 5.74) is 3.54. The lowest BCUT2D eigenvalue weighted by Crippen LogP contribution is -2.41. The van der Waals surface area contributed by atoms with E-state index in [2.05, 4.69) is 56.7 Å². The van der Waals surface area contributed by atoms with Crippen LogP contribution in [0.2, 0.25) is 0 Å². The number of nitrogens with zero attached hydrogens (tertiary/aromatic N) is 1. The van der Waals surface area contributed by atoms with Crippen LogP contribution in [-0.2, 0) is 9.31 Å². The van der Waals surface area contributed by atoms with Crippen LogP contribution in [-0.4, -0.2) is 22.9 Å². The topological polar surface area (TPSA) is 23.4 Å². The normalized spacial score (nSPS) is 25.4. The van der Waals surface area contributed by atoms with Gasteiger partial charge in [-0.1, -0.05) is 37.8 Å². The lowest BCUT2D eigenvalue weighted by Gasteiger charge is -2.32. The van der Waals surface area contributed by atoms with E-state index in [1.54, 1.807) is 5.56 Å². The Bertz CT molecular complexity index is 858. The summed E-state index contributed by atoms with van der Waals surface area (Å²) in [5, 5.41) is 1.43. The summed E-state index contributed by atoms with van der Waals surface area (Å²) < 4.78 is 15.3. The Hall–Kier alpha value is -1.26. The summed E-state index contributed by atoms with van der Waals surface area (Å²) >= 11 is 0. The summed E-state index contributed by atoms with van der Waals surface area (Å²) in [7, 11) is -0.276. The zero-order valence-corrected chi connectivity index (χ0v) is 18.0. The molecule has 1 aromatic heterocycles. The molecule has 2 aliphatic carbocycles. The number of hydrogen-bond donors (Lipinski definition) is 0. The van der Waals surface area contributed by atoms with Crippen LogP contribution in [0, 0.1) is 0 Å². The van der Waals surface area contributed by atoms with Crippen LogP contribution in [0.15, 0.2) is 24.4 Å². The van der Waals surface area contributed by atoms with E-state index >= 15 is 0 Å². The molecule has 1 aromatic carbocycles. The number of fused-ring (bicyclic) bond motifs is 1. The number of hydrogen-bond acceptors (Lipinski definition) is 2. The molecule has 0 bridgehead atoms. The summed E-state index contributed by atoms with van der Waals surface area (Å²) in [6.45, 7) is 8.52. The first-order valence-corrected chi connectivity index (χ1v) is 11.4. The molecule has 3 nitrogen and oxygen atoms in total. The molecule has 1 aliphatic heterocycles. The highest BCUT2D eigenvalue weighted by atomic mass is 16.7. The Morgan fingerprint density at radius 3 is 2.18 bits per heavy atom. The zero-order valence-electron chi connectivity index (χ0n) is 18.0. The van der Waals surface area contributed by atoms with Gasteiger partial charge in [0.1, 0.15) is 0 Å². The third-order valence-corrected chi connectivity index (χ3v) is 7.93. The number of rotatable bonds is 3. The van der Waals surface area contributed by atoms with Crippen LogP contribution < -0.4 is 5.46 Å². The molecular weight excluding hydrogens is 345 g/mol. The van der Waals surface area contributed by atoms with E-state index in [1.807, 2.05) is 0 Å². The summed E-state index contributed by atoms with van der Waals surface area (Å²) in [4.78, 5) is 0. The standard InChI is InChI=1S/C24H34BNO2/c1-23(2)24(3,4)28-25(27-23)18-13-14-22-20(15-18)21(17-9-8-10-17)16-26(22)19-11-6-5-7-12-19/h13-17,19H,5-12H2,1-4H3. The monoisotopic (exact) mass is 379 g/mol. The van der Waals surface area contributed by atoms with Gasteiger partial charge in [-0.25, -0.2) is 0 Å². The van der Waals surface area contributed by atoms with Gasteiger partial charge in [-0.3, -0.25) is 0 Å². The molecule has 28 heavy (non-hydrogen) atoms. The Balaban J connectivity index is 1.55. The van der Waals surface area contributed by atoms with Crippen molar-refractivity contribution in [3.63, 3.8) is 0 Å². The highest BCUT2D eigenvalue weighted by molar-refractivity contribution is 6.62. The Morgan fingerprint density at radius 2 is 1.57 bits per heavy atom. The maximum atomic E-state index is 6.33. The molecule has 1 saturated heterocycles. The SMILES string of the molecule is CC1(C)OB(c2ccc3c(c2)c(C2CCC2)cn3C2CCCCC2)OC1(C)C. The summed E-state index contributed by atoms with van der Waals surface area (Å²) in [6.07, 6.45) is 13.3. The van der Waals surface area contributed by atoms with E-state index in [1.165, 1.54) is 62.3 Å². The maximum Gasteiger partial charge on any atom is 0.494 e. The molecule has 3 fully saturated rings. The van der Waals surface area contributed by atoms with Crippen LogP contribution in [0.25, 0.3) is 10.9 Å². The summed E-state index contributed by atoms with van der Waals surface area (Å²) in [5.74, 6) is 0.737. The van der Waals surface area contributed by atoms with Gasteiger partial charge in [0.15, 0.2) is 0 Å². The second-order valence-corrected chi connectivity index (χ2v) is 10.3. The zero-order chi connectivity index (χ0) is 19.5. The smallest absolute Gasteiger partial charge is 0.399 e. The van der Waals surface area contributed by atoms with Gasteiger partial charge in [0, 0.05) is 23.1 Å². The van der Waals surface area contributed by atoms with Crippen molar-refractivity contribution in [2.24, 2.45) is 0 Å². The molecule has 0 radical (unpaired) electrons. The number of aromatic nitrogens is 1. The maximum absolute atomic E-state index is 6.33. The molecule has 0 spiro atoms. The van der Waals surface area contributed by atoms with Crippen LogP contribution in [0.1, 0.15) is 96.6 Å². The molecular formula is C24H34BNO2. The fourth-order valence-electron chi connectivity index (χ4n) is 5.13. The second kappa shape index (κ2) is 6.63. The Labute approximate surface area is 169 Å².